The minimum Gasteiger partial charge on any atom is -0.308 e. The summed E-state index contributed by atoms with van der Waals surface area (Å²) in [5.41, 5.74) is 1.49. The molecule has 0 aliphatic rings. The quantitative estimate of drug-likeness (QED) is 0.197. The molecule has 0 aliphatic carbocycles. The monoisotopic (exact) mass is 478 g/mol. The Kier molecular flexibility index (Phi) is 9.00. The Morgan fingerprint density at radius 3 is 2.65 bits per heavy atom. The zero-order chi connectivity index (χ0) is 21.7. The van der Waals surface area contributed by atoms with Crippen molar-refractivity contribution in [1.82, 2.24) is 9.88 Å². The van der Waals surface area contributed by atoms with Gasteiger partial charge in [-0.05, 0) is 44.1 Å². The van der Waals surface area contributed by atoms with E-state index in [1.54, 1.807) is 34.9 Å². The van der Waals surface area contributed by atoms with Crippen LogP contribution in [0, 0.1) is 10.1 Å². The number of nitrogens with zero attached hydrogens (tertiary/aromatic N) is 4. The fraction of sp³-hybridized carbons (Fsp3) is 0.238. The number of amides is 1. The zero-order valence-corrected chi connectivity index (χ0v) is 19.8. The van der Waals surface area contributed by atoms with E-state index in [0.29, 0.717) is 23.8 Å². The summed E-state index contributed by atoms with van der Waals surface area (Å²) in [6.45, 7) is 1.17. The first kappa shape index (κ1) is 24.8. The Labute approximate surface area is 195 Å². The van der Waals surface area contributed by atoms with Crippen LogP contribution in [-0.4, -0.2) is 54.2 Å². The van der Waals surface area contributed by atoms with Crippen LogP contribution >= 0.6 is 35.5 Å². The third kappa shape index (κ3) is 6.27. The average molecular weight is 479 g/mol. The maximum Gasteiger partial charge on any atom is 0.270 e. The number of anilines is 1. The molecule has 0 aliphatic heterocycles. The minimum absolute atomic E-state index is 0. The summed E-state index contributed by atoms with van der Waals surface area (Å²) in [6, 6.07) is 12.2. The summed E-state index contributed by atoms with van der Waals surface area (Å²) in [4.78, 5) is 33.0. The van der Waals surface area contributed by atoms with Crippen LogP contribution in [0.5, 0.6) is 0 Å². The third-order valence-electron chi connectivity index (χ3n) is 4.36. The summed E-state index contributed by atoms with van der Waals surface area (Å²) in [5, 5.41) is 11.6. The SMILES string of the molecule is CSc1cccc2sc(N(CCN(C)C)C(=O)C=Cc3cccc([N+](=O)[O-])c3)nc12.Cl. The first-order valence-corrected chi connectivity index (χ1v) is 11.3. The minimum atomic E-state index is -0.451. The molecule has 164 valence electrons. The number of rotatable bonds is 8. The summed E-state index contributed by atoms with van der Waals surface area (Å²) in [5.74, 6) is -0.215. The Morgan fingerprint density at radius 1 is 1.23 bits per heavy atom. The van der Waals surface area contributed by atoms with E-state index in [-0.39, 0.29) is 24.0 Å². The molecule has 1 amide bonds. The molecule has 0 bridgehead atoms. The van der Waals surface area contributed by atoms with Crippen LogP contribution in [0.3, 0.4) is 0 Å². The number of nitro benzene ring substituents is 1. The van der Waals surface area contributed by atoms with E-state index < -0.39 is 4.92 Å². The predicted molar refractivity (Wildman–Crippen MR) is 132 cm³/mol. The van der Waals surface area contributed by atoms with Gasteiger partial charge in [0.1, 0.15) is 0 Å². The number of halogens is 1. The van der Waals surface area contributed by atoms with Crippen molar-refractivity contribution < 1.29 is 9.72 Å². The topological polar surface area (TPSA) is 79.6 Å². The number of non-ortho nitro benzene ring substituents is 1. The highest BCUT2D eigenvalue weighted by Crippen LogP contribution is 2.34. The van der Waals surface area contributed by atoms with Gasteiger partial charge in [-0.25, -0.2) is 4.98 Å². The first-order chi connectivity index (χ1) is 14.4. The molecule has 3 aromatic rings. The molecule has 0 spiro atoms. The lowest BCUT2D eigenvalue weighted by molar-refractivity contribution is -0.384. The van der Waals surface area contributed by atoms with Crippen molar-refractivity contribution in [2.45, 2.75) is 4.90 Å². The fourth-order valence-corrected chi connectivity index (χ4v) is 4.44. The summed E-state index contributed by atoms with van der Waals surface area (Å²) >= 11 is 3.11. The zero-order valence-electron chi connectivity index (χ0n) is 17.3. The average Bonchev–Trinajstić information content (AvgIpc) is 3.16. The molecule has 0 atom stereocenters. The van der Waals surface area contributed by atoms with E-state index in [1.807, 2.05) is 43.5 Å². The molecular weight excluding hydrogens is 456 g/mol. The number of thiazole rings is 1. The number of hydrogen-bond donors (Lipinski definition) is 0. The van der Waals surface area contributed by atoms with Crippen molar-refractivity contribution in [3.8, 4) is 0 Å². The number of carbonyl (C=O) groups is 1. The van der Waals surface area contributed by atoms with Gasteiger partial charge in [0, 0.05) is 36.2 Å². The van der Waals surface area contributed by atoms with E-state index in [0.717, 1.165) is 15.1 Å². The van der Waals surface area contributed by atoms with Crippen molar-refractivity contribution in [2.24, 2.45) is 0 Å². The van der Waals surface area contributed by atoms with Gasteiger partial charge in [-0.1, -0.05) is 29.5 Å². The van der Waals surface area contributed by atoms with Crippen molar-refractivity contribution in [1.29, 1.82) is 0 Å². The van der Waals surface area contributed by atoms with E-state index >= 15 is 0 Å². The number of hydrogen-bond acceptors (Lipinski definition) is 7. The number of thioether (sulfide) groups is 1. The van der Waals surface area contributed by atoms with Crippen molar-refractivity contribution >= 4 is 68.5 Å². The highest BCUT2D eigenvalue weighted by molar-refractivity contribution is 7.98. The maximum atomic E-state index is 13.0. The largest absolute Gasteiger partial charge is 0.308 e. The van der Waals surface area contributed by atoms with Gasteiger partial charge >= 0.3 is 0 Å². The Balaban J connectivity index is 0.00000341. The number of likely N-dealkylation sites (N-methyl/N-ethyl adjacent to an activating group) is 1. The number of benzene rings is 2. The van der Waals surface area contributed by atoms with E-state index in [1.165, 1.54) is 29.5 Å². The highest BCUT2D eigenvalue weighted by Gasteiger charge is 2.19. The van der Waals surface area contributed by atoms with Gasteiger partial charge in [-0.15, -0.1) is 24.2 Å². The predicted octanol–water partition coefficient (Wildman–Crippen LogP) is 4.96. The molecule has 7 nitrogen and oxygen atoms in total. The van der Waals surface area contributed by atoms with Gasteiger partial charge in [0.2, 0.25) is 0 Å². The molecule has 0 fully saturated rings. The summed E-state index contributed by atoms with van der Waals surface area (Å²) in [7, 11) is 3.90. The molecule has 0 radical (unpaired) electrons. The molecule has 2 aromatic carbocycles. The van der Waals surface area contributed by atoms with E-state index in [9.17, 15) is 14.9 Å². The molecule has 0 saturated heterocycles. The van der Waals surface area contributed by atoms with Crippen LogP contribution in [0.4, 0.5) is 10.8 Å². The fourth-order valence-electron chi connectivity index (χ4n) is 2.79. The second kappa shape index (κ2) is 11.2. The normalized spacial score (nSPS) is 11.1. The standard InChI is InChI=1S/C21H22N4O3S2.ClH/c1-23(2)12-13-24(21-22-20-17(29-3)8-5-9-18(20)30-21)19(26)11-10-15-6-4-7-16(14-15)25(27)28;/h4-11,14H,12-13H2,1-3H3;1H. The second-order valence-corrected chi connectivity index (χ2v) is 8.64. The van der Waals surface area contributed by atoms with Crippen LogP contribution in [0.1, 0.15) is 5.56 Å². The first-order valence-electron chi connectivity index (χ1n) is 9.21. The summed E-state index contributed by atoms with van der Waals surface area (Å²) in [6.07, 6.45) is 5.04. The molecule has 3 rings (SSSR count). The Morgan fingerprint density at radius 2 is 1.97 bits per heavy atom. The van der Waals surface area contributed by atoms with Crippen LogP contribution in [-0.2, 0) is 4.79 Å². The molecule has 31 heavy (non-hydrogen) atoms. The van der Waals surface area contributed by atoms with E-state index in [4.69, 9.17) is 4.98 Å². The molecule has 1 heterocycles. The molecule has 0 unspecified atom stereocenters. The van der Waals surface area contributed by atoms with Gasteiger partial charge in [-0.2, -0.15) is 0 Å². The van der Waals surface area contributed by atoms with Crippen molar-refractivity contribution in [3.63, 3.8) is 0 Å². The lowest BCUT2D eigenvalue weighted by atomic mass is 10.2. The van der Waals surface area contributed by atoms with Crippen LogP contribution < -0.4 is 4.90 Å². The lowest BCUT2D eigenvalue weighted by Crippen LogP contribution is -2.35. The van der Waals surface area contributed by atoms with Crippen molar-refractivity contribution in [3.05, 3.63) is 64.2 Å². The molecule has 10 heteroatoms. The second-order valence-electron chi connectivity index (χ2n) is 6.78. The smallest absolute Gasteiger partial charge is 0.270 e. The Hall–Kier alpha value is -2.46. The van der Waals surface area contributed by atoms with Crippen LogP contribution in [0.25, 0.3) is 16.3 Å². The molecule has 0 N–H and O–H groups in total. The number of nitro groups is 1. The van der Waals surface area contributed by atoms with Gasteiger partial charge in [0.15, 0.2) is 5.13 Å². The van der Waals surface area contributed by atoms with E-state index in [2.05, 4.69) is 0 Å². The highest BCUT2D eigenvalue weighted by atomic mass is 35.5. The lowest BCUT2D eigenvalue weighted by Gasteiger charge is -2.20. The molecular formula is C21H23ClN4O3S2. The van der Waals surface area contributed by atoms with Crippen molar-refractivity contribution in [2.75, 3.05) is 38.3 Å². The summed E-state index contributed by atoms with van der Waals surface area (Å²) < 4.78 is 1.03. The third-order valence-corrected chi connectivity index (χ3v) is 6.17. The van der Waals surface area contributed by atoms with Gasteiger partial charge in [-0.3, -0.25) is 19.8 Å². The van der Waals surface area contributed by atoms with Gasteiger partial charge < -0.3 is 4.90 Å². The molecule has 1 aromatic heterocycles. The number of fused-ring (bicyclic) bond motifs is 1. The molecule has 0 saturated carbocycles. The van der Waals surface area contributed by atoms with Crippen LogP contribution in [0.2, 0.25) is 0 Å². The number of para-hydroxylation sites is 1. The number of carbonyl (C=O) groups excluding carboxylic acids is 1. The Bertz CT molecular complexity index is 1100. The number of aromatic nitrogens is 1. The van der Waals surface area contributed by atoms with Crippen LogP contribution in [0.15, 0.2) is 53.4 Å². The maximum absolute atomic E-state index is 13.0. The van der Waals surface area contributed by atoms with Gasteiger partial charge in [0.05, 0.1) is 15.1 Å². The van der Waals surface area contributed by atoms with Gasteiger partial charge in [0.25, 0.3) is 11.6 Å².